The van der Waals surface area contributed by atoms with Gasteiger partial charge in [-0.3, -0.25) is 0 Å². The number of hydrogen-bond donors (Lipinski definition) is 1. The average molecular weight is 261 g/mol. The van der Waals surface area contributed by atoms with Gasteiger partial charge in [-0.25, -0.2) is 14.3 Å². The van der Waals surface area contributed by atoms with E-state index in [1.807, 2.05) is 42.5 Å². The number of aromatic nitrogens is 3. The van der Waals surface area contributed by atoms with Crippen molar-refractivity contribution in [2.75, 3.05) is 0 Å². The fraction of sp³-hybridized carbons (Fsp3) is 0. The molecule has 0 atom stereocenters. The highest BCUT2D eigenvalue weighted by molar-refractivity contribution is 5.95. The number of benzene rings is 2. The zero-order valence-electron chi connectivity index (χ0n) is 10.6. The van der Waals surface area contributed by atoms with E-state index < -0.39 is 0 Å². The third kappa shape index (κ3) is 1.48. The van der Waals surface area contributed by atoms with E-state index in [0.29, 0.717) is 5.65 Å². The summed E-state index contributed by atoms with van der Waals surface area (Å²) in [5.74, 6) is 0. The van der Waals surface area contributed by atoms with Crippen LogP contribution in [0.3, 0.4) is 0 Å². The van der Waals surface area contributed by atoms with Crippen LogP contribution in [0.25, 0.3) is 27.7 Å². The van der Waals surface area contributed by atoms with E-state index in [9.17, 15) is 4.79 Å². The minimum absolute atomic E-state index is 0.212. The molecule has 0 aliphatic heterocycles. The fourth-order valence-electron chi connectivity index (χ4n) is 2.60. The predicted molar refractivity (Wildman–Crippen MR) is 78.8 cm³/mol. The second-order valence-corrected chi connectivity index (χ2v) is 4.66. The molecule has 0 aliphatic carbocycles. The molecule has 4 heteroatoms. The van der Waals surface area contributed by atoms with Gasteiger partial charge >= 0.3 is 5.69 Å². The lowest BCUT2D eigenvalue weighted by Gasteiger charge is -2.07. The Morgan fingerprint density at radius 3 is 2.60 bits per heavy atom. The summed E-state index contributed by atoms with van der Waals surface area (Å²) in [6.07, 6.45) is 0. The van der Waals surface area contributed by atoms with Crippen LogP contribution in [0.4, 0.5) is 0 Å². The first-order valence-electron chi connectivity index (χ1n) is 6.39. The van der Waals surface area contributed by atoms with Crippen molar-refractivity contribution in [1.82, 2.24) is 14.6 Å². The molecule has 0 saturated heterocycles. The maximum Gasteiger partial charge on any atom is 0.348 e. The van der Waals surface area contributed by atoms with Crippen molar-refractivity contribution in [3.63, 3.8) is 0 Å². The molecule has 0 unspecified atom stereocenters. The Morgan fingerprint density at radius 2 is 1.75 bits per heavy atom. The quantitative estimate of drug-likeness (QED) is 0.573. The summed E-state index contributed by atoms with van der Waals surface area (Å²) in [5, 5.41) is 7.52. The summed E-state index contributed by atoms with van der Waals surface area (Å²) in [7, 11) is 0. The van der Waals surface area contributed by atoms with Crippen molar-refractivity contribution < 1.29 is 0 Å². The summed E-state index contributed by atoms with van der Waals surface area (Å²) >= 11 is 0. The van der Waals surface area contributed by atoms with Gasteiger partial charge < -0.3 is 0 Å². The number of nitrogens with one attached hydrogen (secondary N) is 1. The van der Waals surface area contributed by atoms with E-state index in [0.717, 1.165) is 22.0 Å². The Bertz CT molecular complexity index is 967. The number of rotatable bonds is 1. The van der Waals surface area contributed by atoms with E-state index in [1.165, 1.54) is 0 Å². The van der Waals surface area contributed by atoms with Crippen LogP contribution >= 0.6 is 0 Å². The highest BCUT2D eigenvalue weighted by atomic mass is 16.1. The van der Waals surface area contributed by atoms with Crippen molar-refractivity contribution in [3.05, 3.63) is 71.1 Å². The third-order valence-corrected chi connectivity index (χ3v) is 3.51. The lowest BCUT2D eigenvalue weighted by molar-refractivity contribution is 1.04. The molecule has 4 nitrogen and oxygen atoms in total. The van der Waals surface area contributed by atoms with E-state index in [2.05, 4.69) is 28.4 Å². The van der Waals surface area contributed by atoms with Gasteiger partial charge in [0.05, 0.1) is 5.52 Å². The van der Waals surface area contributed by atoms with Gasteiger partial charge in [0.1, 0.15) is 0 Å². The number of aromatic amines is 1. The van der Waals surface area contributed by atoms with Gasteiger partial charge in [-0.2, -0.15) is 5.10 Å². The molecule has 0 fully saturated rings. The Kier molecular flexibility index (Phi) is 2.23. The van der Waals surface area contributed by atoms with Crippen LogP contribution in [0.15, 0.2) is 65.5 Å². The summed E-state index contributed by atoms with van der Waals surface area (Å²) in [6.45, 7) is 0. The number of H-pyrrole nitrogens is 1. The van der Waals surface area contributed by atoms with E-state index in [-0.39, 0.29) is 5.69 Å². The summed E-state index contributed by atoms with van der Waals surface area (Å²) < 4.78 is 1.60. The average Bonchev–Trinajstić information content (AvgIpc) is 2.89. The number of nitrogens with zero attached hydrogens (tertiary/aromatic N) is 2. The Balaban J connectivity index is 2.17. The van der Waals surface area contributed by atoms with Crippen LogP contribution in [0.1, 0.15) is 0 Å². The highest BCUT2D eigenvalue weighted by Crippen LogP contribution is 2.28. The molecule has 0 aliphatic rings. The molecule has 0 saturated carbocycles. The first-order chi connectivity index (χ1) is 9.84. The zero-order chi connectivity index (χ0) is 13.5. The second kappa shape index (κ2) is 4.06. The van der Waals surface area contributed by atoms with Gasteiger partial charge in [0.25, 0.3) is 0 Å². The van der Waals surface area contributed by atoms with E-state index >= 15 is 0 Å². The maximum absolute atomic E-state index is 11.9. The topological polar surface area (TPSA) is 50.2 Å². The Hall–Kier alpha value is -2.88. The lowest BCUT2D eigenvalue weighted by atomic mass is 10.0. The van der Waals surface area contributed by atoms with Crippen LogP contribution in [-0.2, 0) is 0 Å². The standard InChI is InChI=1S/C16H11N3O/c20-16-18-17-15-10-9-13-12(11-5-2-1-3-6-11)7-4-8-14(13)19(15)16/h1-10H,(H,18,20). The highest BCUT2D eigenvalue weighted by Gasteiger charge is 2.08. The van der Waals surface area contributed by atoms with Gasteiger partial charge in [0, 0.05) is 5.39 Å². The first-order valence-corrected chi connectivity index (χ1v) is 6.39. The fourth-order valence-corrected chi connectivity index (χ4v) is 2.60. The predicted octanol–water partition coefficient (Wildman–Crippen LogP) is 2.84. The zero-order valence-corrected chi connectivity index (χ0v) is 10.6. The monoisotopic (exact) mass is 261 g/mol. The van der Waals surface area contributed by atoms with Crippen LogP contribution in [0, 0.1) is 0 Å². The van der Waals surface area contributed by atoms with Crippen LogP contribution in [0.5, 0.6) is 0 Å². The van der Waals surface area contributed by atoms with E-state index in [4.69, 9.17) is 0 Å². The Labute approximate surface area is 114 Å². The molecule has 96 valence electrons. The van der Waals surface area contributed by atoms with Crippen LogP contribution < -0.4 is 5.69 Å². The van der Waals surface area contributed by atoms with Gasteiger partial charge in [-0.15, -0.1) is 0 Å². The molecule has 1 N–H and O–H groups in total. The van der Waals surface area contributed by atoms with Gasteiger partial charge in [0.15, 0.2) is 5.65 Å². The van der Waals surface area contributed by atoms with Crippen LogP contribution in [-0.4, -0.2) is 14.6 Å². The third-order valence-electron chi connectivity index (χ3n) is 3.51. The molecule has 2 aromatic carbocycles. The smallest absolute Gasteiger partial charge is 0.246 e. The SMILES string of the molecule is O=c1[nH]nc2ccc3c(-c4ccccc4)cccc3n12. The molecular weight excluding hydrogens is 250 g/mol. The van der Waals surface area contributed by atoms with Gasteiger partial charge in [-0.05, 0) is 29.3 Å². The molecule has 0 amide bonds. The van der Waals surface area contributed by atoms with Crippen molar-refractivity contribution in [3.8, 4) is 11.1 Å². The second-order valence-electron chi connectivity index (χ2n) is 4.66. The molecule has 0 spiro atoms. The van der Waals surface area contributed by atoms with E-state index in [1.54, 1.807) is 4.40 Å². The molecule has 20 heavy (non-hydrogen) atoms. The summed E-state index contributed by atoms with van der Waals surface area (Å²) in [5.41, 5.74) is 3.53. The largest absolute Gasteiger partial charge is 0.348 e. The molecule has 4 aromatic rings. The molecule has 2 aromatic heterocycles. The van der Waals surface area contributed by atoms with Crippen molar-refractivity contribution in [2.45, 2.75) is 0 Å². The normalized spacial score (nSPS) is 11.2. The van der Waals surface area contributed by atoms with Gasteiger partial charge in [-0.1, -0.05) is 42.5 Å². The molecule has 0 radical (unpaired) electrons. The molecular formula is C16H11N3O. The first kappa shape index (κ1) is 11.0. The van der Waals surface area contributed by atoms with Gasteiger partial charge in [0.2, 0.25) is 0 Å². The van der Waals surface area contributed by atoms with Crippen molar-refractivity contribution >= 4 is 16.6 Å². The Morgan fingerprint density at radius 1 is 0.900 bits per heavy atom. The van der Waals surface area contributed by atoms with Crippen molar-refractivity contribution in [2.24, 2.45) is 0 Å². The molecule has 2 heterocycles. The molecule has 0 bridgehead atoms. The summed E-state index contributed by atoms with van der Waals surface area (Å²) in [4.78, 5) is 11.9. The van der Waals surface area contributed by atoms with Crippen LogP contribution in [0.2, 0.25) is 0 Å². The lowest BCUT2D eigenvalue weighted by Crippen LogP contribution is -2.09. The molecule has 4 rings (SSSR count). The number of hydrogen-bond acceptors (Lipinski definition) is 2. The minimum Gasteiger partial charge on any atom is -0.246 e. The summed E-state index contributed by atoms with van der Waals surface area (Å²) in [6, 6.07) is 20.0. The maximum atomic E-state index is 11.9. The number of fused-ring (bicyclic) bond motifs is 3. The number of pyridine rings is 1. The van der Waals surface area contributed by atoms with Crippen molar-refractivity contribution in [1.29, 1.82) is 0 Å². The minimum atomic E-state index is -0.212.